The minimum Gasteiger partial charge on any atom is -0.344 e. The molecule has 0 atom stereocenters. The van der Waals surface area contributed by atoms with Crippen LogP contribution in [0.4, 0.5) is 0 Å². The summed E-state index contributed by atoms with van der Waals surface area (Å²) < 4.78 is 0. The second kappa shape index (κ2) is 4.99. The summed E-state index contributed by atoms with van der Waals surface area (Å²) in [4.78, 5) is 21.8. The predicted octanol–water partition coefficient (Wildman–Crippen LogP) is -1.90. The first kappa shape index (κ1) is 9.16. The smallest absolute Gasteiger partial charge is 0.235 e. The van der Waals surface area contributed by atoms with Crippen LogP contribution in [0, 0.1) is 0 Å². The number of hydrogen-bond donors (Lipinski definition) is 1. The van der Waals surface area contributed by atoms with E-state index in [-0.39, 0.29) is 25.4 Å². The van der Waals surface area contributed by atoms with E-state index in [4.69, 9.17) is 13.6 Å². The van der Waals surface area contributed by atoms with Crippen LogP contribution < -0.4 is 5.73 Å². The molecule has 0 aliphatic heterocycles. The van der Waals surface area contributed by atoms with Gasteiger partial charge in [-0.3, -0.25) is 4.79 Å². The summed E-state index contributed by atoms with van der Waals surface area (Å²) in [5.41, 5.74) is 5.02. The Morgan fingerprint density at radius 3 is 2.60 bits per heavy atom. The van der Waals surface area contributed by atoms with Crippen LogP contribution in [-0.2, 0) is 9.59 Å². The Bertz CT molecular complexity index is 129. The zero-order valence-electron chi connectivity index (χ0n) is 5.62. The molecule has 1 amide bonds. The van der Waals surface area contributed by atoms with E-state index < -0.39 is 0 Å². The molecular formula is C5H9BN2O2. The Hall–Kier alpha value is -0.835. The van der Waals surface area contributed by atoms with E-state index >= 15 is 0 Å². The largest absolute Gasteiger partial charge is 0.344 e. The van der Waals surface area contributed by atoms with Crippen molar-refractivity contribution in [1.29, 1.82) is 0 Å². The zero-order chi connectivity index (χ0) is 7.98. The van der Waals surface area contributed by atoms with E-state index in [1.807, 2.05) is 0 Å². The average molecular weight is 140 g/mol. The van der Waals surface area contributed by atoms with E-state index in [2.05, 4.69) is 0 Å². The fourth-order valence-electron chi connectivity index (χ4n) is 0.497. The lowest BCUT2D eigenvalue weighted by molar-refractivity contribution is -0.130. The summed E-state index contributed by atoms with van der Waals surface area (Å²) in [7, 11) is 5.13. The first-order chi connectivity index (χ1) is 4.76. The molecule has 0 aromatic rings. The second-order valence-electron chi connectivity index (χ2n) is 1.67. The average Bonchev–Trinajstić information content (AvgIpc) is 1.99. The molecule has 0 rings (SSSR count). The fraction of sp³-hybridized carbons (Fsp3) is 0.600. The van der Waals surface area contributed by atoms with E-state index in [1.54, 1.807) is 0 Å². The summed E-state index contributed by atoms with van der Waals surface area (Å²) in [6, 6.07) is 0. The van der Waals surface area contributed by atoms with Gasteiger partial charge in [-0.05, 0) is 6.44 Å². The second-order valence-corrected chi connectivity index (χ2v) is 1.67. The van der Waals surface area contributed by atoms with Crippen molar-refractivity contribution >= 4 is 20.0 Å². The van der Waals surface area contributed by atoms with Crippen molar-refractivity contribution in [2.24, 2.45) is 5.73 Å². The summed E-state index contributed by atoms with van der Waals surface area (Å²) in [5, 5.41) is 0. The number of rotatable bonds is 4. The van der Waals surface area contributed by atoms with Crippen molar-refractivity contribution in [3.63, 3.8) is 0 Å². The lowest BCUT2D eigenvalue weighted by Gasteiger charge is -2.16. The van der Waals surface area contributed by atoms with Gasteiger partial charge in [0.1, 0.15) is 6.29 Å². The standard InChI is InChI=1S/C5H9BN2O2/c6-4-8(1-2-9)5(10)3-7/h2H,1,3-4,7H2. The van der Waals surface area contributed by atoms with Gasteiger partial charge in [-0.25, -0.2) is 0 Å². The van der Waals surface area contributed by atoms with Crippen LogP contribution in [-0.4, -0.2) is 44.5 Å². The Kier molecular flexibility index (Phi) is 4.57. The number of carbonyl (C=O) groups excluding carboxylic acids is 2. The van der Waals surface area contributed by atoms with Gasteiger partial charge in [0.15, 0.2) is 0 Å². The van der Waals surface area contributed by atoms with Gasteiger partial charge >= 0.3 is 0 Å². The molecule has 0 saturated carbocycles. The summed E-state index contributed by atoms with van der Waals surface area (Å²) in [5.74, 6) is -0.311. The number of aldehydes is 1. The minimum absolute atomic E-state index is 0.0204. The van der Waals surface area contributed by atoms with Crippen molar-refractivity contribution in [2.45, 2.75) is 0 Å². The van der Waals surface area contributed by atoms with Crippen LogP contribution in [0.3, 0.4) is 0 Å². The third-order valence-corrected chi connectivity index (χ3v) is 1.04. The molecule has 2 radical (unpaired) electrons. The van der Waals surface area contributed by atoms with Crippen LogP contribution in [0.5, 0.6) is 0 Å². The third kappa shape index (κ3) is 2.64. The van der Waals surface area contributed by atoms with Crippen molar-refractivity contribution < 1.29 is 9.59 Å². The topological polar surface area (TPSA) is 63.4 Å². The van der Waals surface area contributed by atoms with Crippen molar-refractivity contribution in [3.8, 4) is 0 Å². The first-order valence-electron chi connectivity index (χ1n) is 2.87. The maximum Gasteiger partial charge on any atom is 0.235 e. The monoisotopic (exact) mass is 140 g/mol. The van der Waals surface area contributed by atoms with E-state index in [0.717, 1.165) is 0 Å². The highest BCUT2D eigenvalue weighted by Gasteiger charge is 2.06. The highest BCUT2D eigenvalue weighted by Crippen LogP contribution is 1.82. The summed E-state index contributed by atoms with van der Waals surface area (Å²) >= 11 is 0. The molecule has 10 heavy (non-hydrogen) atoms. The normalized spacial score (nSPS) is 8.90. The molecule has 5 heteroatoms. The quantitative estimate of drug-likeness (QED) is 0.366. The Morgan fingerprint density at radius 2 is 2.30 bits per heavy atom. The minimum atomic E-state index is -0.311. The number of nitrogens with zero attached hydrogens (tertiary/aromatic N) is 1. The SMILES string of the molecule is [B]CN(CC=O)C(=O)CN. The predicted molar refractivity (Wildman–Crippen MR) is 37.5 cm³/mol. The third-order valence-electron chi connectivity index (χ3n) is 1.04. The molecule has 0 aliphatic carbocycles. The molecule has 0 fully saturated rings. The Labute approximate surface area is 60.8 Å². The summed E-state index contributed by atoms with van der Waals surface area (Å²) in [6.45, 7) is -0.0857. The van der Waals surface area contributed by atoms with Gasteiger partial charge in [-0.2, -0.15) is 0 Å². The molecule has 0 saturated heterocycles. The Morgan fingerprint density at radius 1 is 1.70 bits per heavy atom. The van der Waals surface area contributed by atoms with Gasteiger partial charge in [-0.1, -0.05) is 0 Å². The van der Waals surface area contributed by atoms with Crippen molar-refractivity contribution in [2.75, 3.05) is 19.5 Å². The van der Waals surface area contributed by atoms with Crippen LogP contribution in [0.2, 0.25) is 0 Å². The van der Waals surface area contributed by atoms with Gasteiger partial charge in [-0.15, -0.1) is 0 Å². The molecular weight excluding hydrogens is 131 g/mol. The highest BCUT2D eigenvalue weighted by atomic mass is 16.2. The van der Waals surface area contributed by atoms with Crippen molar-refractivity contribution in [3.05, 3.63) is 0 Å². The molecule has 0 spiro atoms. The molecule has 2 N–H and O–H groups in total. The van der Waals surface area contributed by atoms with Gasteiger partial charge in [0.2, 0.25) is 5.91 Å². The molecule has 0 heterocycles. The number of carbonyl (C=O) groups is 2. The molecule has 4 nitrogen and oxygen atoms in total. The molecule has 54 valence electrons. The van der Waals surface area contributed by atoms with Gasteiger partial charge in [0, 0.05) is 0 Å². The number of nitrogens with two attached hydrogens (primary N) is 1. The molecule has 0 aliphatic rings. The maximum absolute atomic E-state index is 10.7. The van der Waals surface area contributed by atoms with E-state index in [0.29, 0.717) is 6.29 Å². The number of hydrogen-bond acceptors (Lipinski definition) is 3. The van der Waals surface area contributed by atoms with Crippen molar-refractivity contribution in [1.82, 2.24) is 4.90 Å². The van der Waals surface area contributed by atoms with Crippen LogP contribution in [0.15, 0.2) is 0 Å². The molecule has 0 unspecified atom stereocenters. The number of amides is 1. The maximum atomic E-state index is 10.7. The molecule has 0 bridgehead atoms. The zero-order valence-corrected chi connectivity index (χ0v) is 5.62. The van der Waals surface area contributed by atoms with Crippen LogP contribution in [0.1, 0.15) is 0 Å². The van der Waals surface area contributed by atoms with Gasteiger partial charge < -0.3 is 15.4 Å². The fourth-order valence-corrected chi connectivity index (χ4v) is 0.497. The lowest BCUT2D eigenvalue weighted by Crippen LogP contribution is -2.38. The van der Waals surface area contributed by atoms with Crippen LogP contribution in [0.25, 0.3) is 0 Å². The van der Waals surface area contributed by atoms with E-state index in [9.17, 15) is 9.59 Å². The Balaban J connectivity index is 3.79. The lowest BCUT2D eigenvalue weighted by atomic mass is 10.1. The first-order valence-corrected chi connectivity index (χ1v) is 2.87. The van der Waals surface area contributed by atoms with E-state index in [1.165, 1.54) is 4.90 Å². The molecule has 0 aromatic heterocycles. The highest BCUT2D eigenvalue weighted by molar-refractivity contribution is 6.10. The molecule has 0 aromatic carbocycles. The van der Waals surface area contributed by atoms with Gasteiger partial charge in [0.05, 0.1) is 20.9 Å². The summed E-state index contributed by atoms with van der Waals surface area (Å²) in [6.07, 6.45) is 0.648. The van der Waals surface area contributed by atoms with Gasteiger partial charge in [0.25, 0.3) is 0 Å². The van der Waals surface area contributed by atoms with Crippen LogP contribution >= 0.6 is 0 Å².